The SMILES string of the molecule is CCC(=O)OC1[C@H](OC[C@@H](O)[C@@H](O)CO)OC(CO)[C@@H](O)[C@@H]1OC(=O)CC.CCC(=O)OC1[C@H](OC[C@@H](O)[C@@H](O)CO)OC(COC(C)=O)[C@@H](C)[C@@H]1OC(=O)CC. The van der Waals surface area contributed by atoms with E-state index in [1.54, 1.807) is 20.8 Å². The second-order valence-electron chi connectivity index (χ2n) is 13.0. The molecule has 0 spiro atoms. The van der Waals surface area contributed by atoms with Crippen molar-refractivity contribution in [2.24, 2.45) is 5.92 Å². The van der Waals surface area contributed by atoms with Gasteiger partial charge in [-0.2, -0.15) is 0 Å². The first-order valence-corrected chi connectivity index (χ1v) is 18.6. The van der Waals surface area contributed by atoms with Gasteiger partial charge in [-0.3, -0.25) is 24.0 Å². The number of carbonyl (C=O) groups is 5. The van der Waals surface area contributed by atoms with Crippen LogP contribution in [0.25, 0.3) is 0 Å². The van der Waals surface area contributed by atoms with E-state index in [0.717, 1.165) is 0 Å². The smallest absolute Gasteiger partial charge is 0.306 e. The topological polar surface area (TPSA) is 330 Å². The Morgan fingerprint density at radius 3 is 1.32 bits per heavy atom. The number of ether oxygens (including phenoxy) is 9. The van der Waals surface area contributed by atoms with Crippen molar-refractivity contribution in [3.8, 4) is 0 Å². The Balaban J connectivity index is 0.000000573. The summed E-state index contributed by atoms with van der Waals surface area (Å²) in [6, 6.07) is 0. The first-order chi connectivity index (χ1) is 26.9. The van der Waals surface area contributed by atoms with E-state index in [0.29, 0.717) is 0 Å². The lowest BCUT2D eigenvalue weighted by Gasteiger charge is -2.44. The van der Waals surface area contributed by atoms with Gasteiger partial charge in [0.2, 0.25) is 0 Å². The van der Waals surface area contributed by atoms with Crippen molar-refractivity contribution in [1.82, 2.24) is 0 Å². The van der Waals surface area contributed by atoms with Crippen molar-refractivity contribution < 1.29 is 107 Å². The molecule has 0 aromatic heterocycles. The summed E-state index contributed by atoms with van der Waals surface area (Å²) < 4.78 is 48.2. The molecule has 4 unspecified atom stereocenters. The lowest BCUT2D eigenvalue weighted by Crippen LogP contribution is -2.62. The summed E-state index contributed by atoms with van der Waals surface area (Å²) in [7, 11) is 0. The zero-order valence-corrected chi connectivity index (χ0v) is 32.9. The van der Waals surface area contributed by atoms with Gasteiger partial charge >= 0.3 is 29.8 Å². The van der Waals surface area contributed by atoms with Crippen LogP contribution in [-0.4, -0.2) is 190 Å². The maximum Gasteiger partial charge on any atom is 0.306 e. The maximum atomic E-state index is 12.0. The van der Waals surface area contributed by atoms with Crippen molar-refractivity contribution >= 4 is 29.8 Å². The molecule has 2 rings (SSSR count). The maximum absolute atomic E-state index is 12.0. The van der Waals surface area contributed by atoms with E-state index in [2.05, 4.69) is 0 Å². The Morgan fingerprint density at radius 2 is 0.947 bits per heavy atom. The molecule has 0 aromatic carbocycles. The number of hydrogen-bond donors (Lipinski definition) is 8. The molecule has 332 valence electrons. The molecule has 14 atom stereocenters. The molecule has 0 radical (unpaired) electrons. The molecule has 22 heteroatoms. The summed E-state index contributed by atoms with van der Waals surface area (Å²) in [6.07, 6.45) is -16.7. The molecule has 2 aliphatic heterocycles. The second kappa shape index (κ2) is 26.8. The van der Waals surface area contributed by atoms with Crippen molar-refractivity contribution in [3.63, 3.8) is 0 Å². The van der Waals surface area contributed by atoms with Gasteiger partial charge in [-0.15, -0.1) is 0 Å². The largest absolute Gasteiger partial charge is 0.463 e. The van der Waals surface area contributed by atoms with Gasteiger partial charge < -0.3 is 83.5 Å². The zero-order chi connectivity index (χ0) is 43.4. The summed E-state index contributed by atoms with van der Waals surface area (Å²) in [6.45, 7) is 6.00. The number of aliphatic hydroxyl groups excluding tert-OH is 8. The van der Waals surface area contributed by atoms with E-state index >= 15 is 0 Å². The van der Waals surface area contributed by atoms with Crippen LogP contribution in [0.15, 0.2) is 0 Å². The summed E-state index contributed by atoms with van der Waals surface area (Å²) in [5.74, 6) is -3.54. The van der Waals surface area contributed by atoms with Crippen LogP contribution < -0.4 is 0 Å². The van der Waals surface area contributed by atoms with Crippen LogP contribution >= 0.6 is 0 Å². The quantitative estimate of drug-likeness (QED) is 0.0415. The first kappa shape index (κ1) is 51.9. The van der Waals surface area contributed by atoms with Crippen LogP contribution in [0, 0.1) is 5.92 Å². The number of rotatable bonds is 21. The second-order valence-corrected chi connectivity index (χ2v) is 13.0. The van der Waals surface area contributed by atoms with Crippen LogP contribution in [0.2, 0.25) is 0 Å². The minimum absolute atomic E-state index is 0.00472. The van der Waals surface area contributed by atoms with Gasteiger partial charge in [0.1, 0.15) is 55.4 Å². The number of esters is 5. The van der Waals surface area contributed by atoms with Gasteiger partial charge in [-0.1, -0.05) is 34.6 Å². The predicted octanol–water partition coefficient (Wildman–Crippen LogP) is -3.28. The third-order valence-electron chi connectivity index (χ3n) is 8.60. The third-order valence-corrected chi connectivity index (χ3v) is 8.60. The normalized spacial score (nSPS) is 29.3. The molecule has 57 heavy (non-hydrogen) atoms. The molecule has 0 saturated carbocycles. The Kier molecular flexibility index (Phi) is 24.4. The van der Waals surface area contributed by atoms with Gasteiger partial charge in [-0.25, -0.2) is 0 Å². The predicted molar refractivity (Wildman–Crippen MR) is 187 cm³/mol. The van der Waals surface area contributed by atoms with Gasteiger partial charge in [0.15, 0.2) is 30.9 Å². The monoisotopic (exact) mass is 832 g/mol. The van der Waals surface area contributed by atoms with Crippen molar-refractivity contribution in [1.29, 1.82) is 0 Å². The Morgan fingerprint density at radius 1 is 0.579 bits per heavy atom. The van der Waals surface area contributed by atoms with E-state index in [9.17, 15) is 54.6 Å². The van der Waals surface area contributed by atoms with E-state index in [4.69, 9.17) is 52.8 Å². The molecular weight excluding hydrogens is 772 g/mol. The lowest BCUT2D eigenvalue weighted by atomic mass is 9.90. The highest BCUT2D eigenvalue weighted by Crippen LogP contribution is 2.32. The Hall–Kier alpha value is -3.13. The fourth-order valence-electron chi connectivity index (χ4n) is 5.09. The van der Waals surface area contributed by atoms with Crippen molar-refractivity contribution in [2.75, 3.05) is 39.6 Å². The molecule has 22 nitrogen and oxygen atoms in total. The van der Waals surface area contributed by atoms with Crippen LogP contribution in [0.5, 0.6) is 0 Å². The van der Waals surface area contributed by atoms with Gasteiger partial charge in [0, 0.05) is 38.5 Å². The molecule has 0 aromatic rings. The highest BCUT2D eigenvalue weighted by Gasteiger charge is 2.51. The minimum atomic E-state index is -1.49. The summed E-state index contributed by atoms with van der Waals surface area (Å²) in [4.78, 5) is 58.6. The van der Waals surface area contributed by atoms with Crippen molar-refractivity contribution in [2.45, 2.75) is 147 Å². The summed E-state index contributed by atoms with van der Waals surface area (Å²) in [5.41, 5.74) is 0. The van der Waals surface area contributed by atoms with Crippen LogP contribution in [0.3, 0.4) is 0 Å². The summed E-state index contributed by atoms with van der Waals surface area (Å²) >= 11 is 0. The fraction of sp³-hybridized carbons (Fsp3) is 0.857. The molecule has 0 amide bonds. The number of hydrogen-bond acceptors (Lipinski definition) is 22. The highest BCUT2D eigenvalue weighted by molar-refractivity contribution is 5.71. The Bertz CT molecular complexity index is 1220. The van der Waals surface area contributed by atoms with Gasteiger partial charge in [0.25, 0.3) is 0 Å². The van der Waals surface area contributed by atoms with Crippen LogP contribution in [0.4, 0.5) is 0 Å². The van der Waals surface area contributed by atoms with E-state index in [1.807, 2.05) is 0 Å². The fourth-order valence-corrected chi connectivity index (χ4v) is 5.09. The summed E-state index contributed by atoms with van der Waals surface area (Å²) in [5, 5.41) is 76.0. The van der Waals surface area contributed by atoms with Crippen molar-refractivity contribution in [3.05, 3.63) is 0 Å². The molecule has 2 fully saturated rings. The van der Waals surface area contributed by atoms with Gasteiger partial charge in [0.05, 0.1) is 33.0 Å². The molecule has 2 heterocycles. The first-order valence-electron chi connectivity index (χ1n) is 18.6. The van der Waals surface area contributed by atoms with Gasteiger partial charge in [-0.05, 0) is 0 Å². The number of aliphatic hydroxyl groups is 8. The van der Waals surface area contributed by atoms with Crippen LogP contribution in [0.1, 0.15) is 67.2 Å². The molecule has 0 aliphatic carbocycles. The molecule has 2 aliphatic rings. The Labute approximate surface area is 329 Å². The average molecular weight is 833 g/mol. The molecular formula is C35H60O22. The minimum Gasteiger partial charge on any atom is -0.463 e. The molecule has 0 bridgehead atoms. The van der Waals surface area contributed by atoms with Crippen LogP contribution in [-0.2, 0) is 66.6 Å². The average Bonchev–Trinajstić information content (AvgIpc) is 3.20. The molecule has 8 N–H and O–H groups in total. The zero-order valence-electron chi connectivity index (χ0n) is 32.9. The van der Waals surface area contributed by atoms with E-state index < -0.39 is 149 Å². The third kappa shape index (κ3) is 16.9. The molecule has 2 saturated heterocycles. The lowest BCUT2D eigenvalue weighted by molar-refractivity contribution is -0.310. The highest BCUT2D eigenvalue weighted by atomic mass is 16.7. The van der Waals surface area contributed by atoms with E-state index in [-0.39, 0.29) is 32.3 Å². The number of carbonyl (C=O) groups excluding carboxylic acids is 5. The van der Waals surface area contributed by atoms with E-state index in [1.165, 1.54) is 20.8 Å². The standard InChI is InChI=1S/C19H32O11.C16H28O11/c1-5-15(24)29-17-10(3)14(9-26-11(4)21)28-19(18(17)30-16(25)6-2)27-8-13(23)12(22)7-20;1-3-11(21)26-14-13(23)10(6-18)25-16(15(14)27-12(22)4-2)24-7-9(20)8(19)5-17/h10,12-14,17-20,22-23H,5-9H2,1-4H3;8-10,13-20,23H,3-7H2,1-2H3/t10-,12+,13-,14?,17+,18?,19-;8-,9+,10?,13+,14-,15?,16+/m10/s1.